The fraction of sp³-hybridized carbons (Fsp3) is 0.500. The molecule has 0 aliphatic carbocycles. The van der Waals surface area contributed by atoms with E-state index in [9.17, 15) is 5.11 Å². The zero-order chi connectivity index (χ0) is 11.1. The molecule has 0 spiro atoms. The Hall–Kier alpha value is -0.900. The quantitative estimate of drug-likeness (QED) is 0.648. The highest BCUT2D eigenvalue weighted by atomic mass is 16.3. The fourth-order valence-electron chi connectivity index (χ4n) is 1.48. The standard InChI is InChI=1S/C12H18O3/c13-9-12(15)8-11(14)7-6-10-4-2-1-3-5-10/h1-5,11-15H,6-9H2/t11-,12-/m1/s1. The summed E-state index contributed by atoms with van der Waals surface area (Å²) in [5.74, 6) is 0. The van der Waals surface area contributed by atoms with Crippen molar-refractivity contribution in [3.8, 4) is 0 Å². The van der Waals surface area contributed by atoms with Crippen LogP contribution in [0.15, 0.2) is 30.3 Å². The van der Waals surface area contributed by atoms with E-state index >= 15 is 0 Å². The molecule has 0 amide bonds. The summed E-state index contributed by atoms with van der Waals surface area (Å²) in [5, 5.41) is 27.3. The van der Waals surface area contributed by atoms with Crippen molar-refractivity contribution < 1.29 is 15.3 Å². The van der Waals surface area contributed by atoms with Crippen LogP contribution >= 0.6 is 0 Å². The van der Waals surface area contributed by atoms with Gasteiger partial charge in [0.05, 0.1) is 18.8 Å². The molecule has 0 fully saturated rings. The molecule has 3 nitrogen and oxygen atoms in total. The Kier molecular flexibility index (Phi) is 5.32. The minimum atomic E-state index is -0.809. The molecule has 84 valence electrons. The van der Waals surface area contributed by atoms with Crippen LogP contribution in [0.25, 0.3) is 0 Å². The maximum absolute atomic E-state index is 9.54. The van der Waals surface area contributed by atoms with Crippen LogP contribution in [0, 0.1) is 0 Å². The highest BCUT2D eigenvalue weighted by Gasteiger charge is 2.10. The Morgan fingerprint density at radius 2 is 1.67 bits per heavy atom. The predicted molar refractivity (Wildman–Crippen MR) is 58.5 cm³/mol. The van der Waals surface area contributed by atoms with Gasteiger partial charge in [0.25, 0.3) is 0 Å². The van der Waals surface area contributed by atoms with Gasteiger partial charge in [0.15, 0.2) is 0 Å². The SMILES string of the molecule is OC[C@H](O)C[C@H](O)CCc1ccccc1. The fourth-order valence-corrected chi connectivity index (χ4v) is 1.48. The summed E-state index contributed by atoms with van der Waals surface area (Å²) in [5.41, 5.74) is 1.18. The summed E-state index contributed by atoms with van der Waals surface area (Å²) in [4.78, 5) is 0. The summed E-state index contributed by atoms with van der Waals surface area (Å²) in [6, 6.07) is 9.90. The first-order valence-electron chi connectivity index (χ1n) is 5.23. The van der Waals surface area contributed by atoms with Crippen LogP contribution < -0.4 is 0 Å². The van der Waals surface area contributed by atoms with Crippen molar-refractivity contribution >= 4 is 0 Å². The molecule has 2 atom stereocenters. The molecule has 1 rings (SSSR count). The summed E-state index contributed by atoms with van der Waals surface area (Å²) in [7, 11) is 0. The molecule has 0 aromatic heterocycles. The number of aryl methyl sites for hydroxylation is 1. The van der Waals surface area contributed by atoms with E-state index < -0.39 is 12.2 Å². The minimum absolute atomic E-state index is 0.239. The Bertz CT molecular complexity index is 261. The second-order valence-electron chi connectivity index (χ2n) is 3.75. The van der Waals surface area contributed by atoms with Gasteiger partial charge in [-0.1, -0.05) is 30.3 Å². The van der Waals surface area contributed by atoms with E-state index in [-0.39, 0.29) is 13.0 Å². The highest BCUT2D eigenvalue weighted by molar-refractivity contribution is 5.14. The van der Waals surface area contributed by atoms with Gasteiger partial charge in [0, 0.05) is 6.42 Å². The van der Waals surface area contributed by atoms with E-state index in [4.69, 9.17) is 10.2 Å². The first kappa shape index (κ1) is 12.2. The average Bonchev–Trinajstić information content (AvgIpc) is 2.27. The number of benzene rings is 1. The third-order valence-corrected chi connectivity index (χ3v) is 2.36. The Labute approximate surface area is 90.0 Å². The van der Waals surface area contributed by atoms with Gasteiger partial charge in [-0.3, -0.25) is 0 Å². The van der Waals surface area contributed by atoms with Gasteiger partial charge in [0.1, 0.15) is 0 Å². The first-order valence-corrected chi connectivity index (χ1v) is 5.23. The lowest BCUT2D eigenvalue weighted by Crippen LogP contribution is -2.21. The number of hydrogen-bond donors (Lipinski definition) is 3. The van der Waals surface area contributed by atoms with E-state index in [1.54, 1.807) is 0 Å². The van der Waals surface area contributed by atoms with Gasteiger partial charge in [-0.05, 0) is 18.4 Å². The lowest BCUT2D eigenvalue weighted by Gasteiger charge is -2.13. The summed E-state index contributed by atoms with van der Waals surface area (Å²) >= 11 is 0. The number of rotatable bonds is 6. The van der Waals surface area contributed by atoms with Crippen molar-refractivity contribution in [3.63, 3.8) is 0 Å². The zero-order valence-corrected chi connectivity index (χ0v) is 8.71. The number of hydrogen-bond acceptors (Lipinski definition) is 3. The van der Waals surface area contributed by atoms with E-state index in [0.717, 1.165) is 6.42 Å². The van der Waals surface area contributed by atoms with Crippen molar-refractivity contribution in [1.29, 1.82) is 0 Å². The van der Waals surface area contributed by atoms with Gasteiger partial charge in [0.2, 0.25) is 0 Å². The zero-order valence-electron chi connectivity index (χ0n) is 8.71. The third-order valence-electron chi connectivity index (χ3n) is 2.36. The molecule has 0 saturated heterocycles. The predicted octanol–water partition coefficient (Wildman–Crippen LogP) is 0.723. The van der Waals surface area contributed by atoms with Gasteiger partial charge in [-0.15, -0.1) is 0 Å². The third kappa shape index (κ3) is 4.93. The van der Waals surface area contributed by atoms with Crippen LogP contribution in [0.3, 0.4) is 0 Å². The van der Waals surface area contributed by atoms with Crippen LogP contribution in [0.5, 0.6) is 0 Å². The topological polar surface area (TPSA) is 60.7 Å². The molecule has 0 aliphatic rings. The van der Waals surface area contributed by atoms with Crippen LogP contribution in [0.2, 0.25) is 0 Å². The van der Waals surface area contributed by atoms with Crippen LogP contribution in [-0.4, -0.2) is 34.1 Å². The molecular weight excluding hydrogens is 192 g/mol. The average molecular weight is 210 g/mol. The molecule has 15 heavy (non-hydrogen) atoms. The second-order valence-corrected chi connectivity index (χ2v) is 3.75. The molecular formula is C12H18O3. The maximum Gasteiger partial charge on any atom is 0.0795 e. The monoisotopic (exact) mass is 210 g/mol. The van der Waals surface area contributed by atoms with Crippen molar-refractivity contribution in [2.24, 2.45) is 0 Å². The molecule has 3 N–H and O–H groups in total. The molecule has 1 aromatic carbocycles. The van der Waals surface area contributed by atoms with Crippen molar-refractivity contribution in [1.82, 2.24) is 0 Å². The summed E-state index contributed by atoms with van der Waals surface area (Å²) in [6.07, 6.45) is 0.285. The molecule has 0 radical (unpaired) electrons. The van der Waals surface area contributed by atoms with Gasteiger partial charge in [-0.2, -0.15) is 0 Å². The molecule has 0 saturated carbocycles. The van der Waals surface area contributed by atoms with Crippen molar-refractivity contribution in [2.45, 2.75) is 31.5 Å². The molecule has 1 aromatic rings. The normalized spacial score (nSPS) is 14.9. The lowest BCUT2D eigenvalue weighted by atomic mass is 10.0. The first-order chi connectivity index (χ1) is 7.22. The Balaban J connectivity index is 2.25. The van der Waals surface area contributed by atoms with E-state index in [1.165, 1.54) is 5.56 Å². The second kappa shape index (κ2) is 6.56. The van der Waals surface area contributed by atoms with Gasteiger partial charge < -0.3 is 15.3 Å². The largest absolute Gasteiger partial charge is 0.394 e. The number of aliphatic hydroxyl groups is 3. The van der Waals surface area contributed by atoms with Crippen LogP contribution in [-0.2, 0) is 6.42 Å². The van der Waals surface area contributed by atoms with Crippen LogP contribution in [0.4, 0.5) is 0 Å². The molecule has 0 unspecified atom stereocenters. The van der Waals surface area contributed by atoms with Crippen LogP contribution in [0.1, 0.15) is 18.4 Å². The van der Waals surface area contributed by atoms with Crippen molar-refractivity contribution in [3.05, 3.63) is 35.9 Å². The van der Waals surface area contributed by atoms with Gasteiger partial charge >= 0.3 is 0 Å². The summed E-state index contributed by atoms with van der Waals surface area (Å²) < 4.78 is 0. The van der Waals surface area contributed by atoms with E-state index in [1.807, 2.05) is 30.3 Å². The maximum atomic E-state index is 9.54. The minimum Gasteiger partial charge on any atom is -0.394 e. The highest BCUT2D eigenvalue weighted by Crippen LogP contribution is 2.08. The Morgan fingerprint density at radius 3 is 2.27 bits per heavy atom. The number of aliphatic hydroxyl groups excluding tert-OH is 3. The van der Waals surface area contributed by atoms with Crippen molar-refractivity contribution in [2.75, 3.05) is 6.61 Å². The molecule has 0 heterocycles. The smallest absolute Gasteiger partial charge is 0.0795 e. The molecule has 0 bridgehead atoms. The van der Waals surface area contributed by atoms with E-state index in [2.05, 4.69) is 0 Å². The molecule has 3 heteroatoms. The molecule has 0 aliphatic heterocycles. The van der Waals surface area contributed by atoms with Gasteiger partial charge in [-0.25, -0.2) is 0 Å². The lowest BCUT2D eigenvalue weighted by molar-refractivity contribution is 0.0390. The summed E-state index contributed by atoms with van der Waals surface area (Å²) in [6.45, 7) is -0.289. The Morgan fingerprint density at radius 1 is 1.00 bits per heavy atom. The van der Waals surface area contributed by atoms with E-state index in [0.29, 0.717) is 6.42 Å².